The van der Waals surface area contributed by atoms with Crippen LogP contribution in [0.1, 0.15) is 16.1 Å². The molecule has 3 N–H and O–H groups in total. The Bertz CT molecular complexity index is 965. The molecule has 1 amide bonds. The van der Waals surface area contributed by atoms with E-state index in [4.69, 9.17) is 0 Å². The molecule has 0 saturated heterocycles. The molecule has 0 aliphatic carbocycles. The maximum Gasteiger partial charge on any atom is 0.279 e. The number of halogens is 1. The van der Waals surface area contributed by atoms with Crippen molar-refractivity contribution in [3.63, 3.8) is 0 Å². The van der Waals surface area contributed by atoms with Gasteiger partial charge < -0.3 is 15.2 Å². The second-order valence-corrected chi connectivity index (χ2v) is 7.29. The molecule has 0 aliphatic rings. The van der Waals surface area contributed by atoms with E-state index in [1.165, 1.54) is 0 Å². The molecule has 134 valence electrons. The first-order valence-electron chi connectivity index (χ1n) is 8.42. The number of carbonyl (C=O) groups is 2. The number of hydrogen-bond acceptors (Lipinski definition) is 2. The summed E-state index contributed by atoms with van der Waals surface area (Å²) in [6.45, 7) is 2.38. The Morgan fingerprint density at radius 3 is 2.54 bits per heavy atom. The standard InChI is InChI=1S/C20H20BrN3O2/c1-13-20(14-7-3-5-9-16(14)22-13)18(25)11-24(2)12-19(26)23-17-10-6-4-8-15(17)21/h3-10,22H,11-12H2,1-2H3,(H,23,26)/p+1. The van der Waals surface area contributed by atoms with Crippen molar-refractivity contribution in [2.45, 2.75) is 6.92 Å². The monoisotopic (exact) mass is 414 g/mol. The number of benzene rings is 2. The highest BCUT2D eigenvalue weighted by Gasteiger charge is 2.21. The number of aromatic nitrogens is 1. The molecule has 0 spiro atoms. The molecular formula is C20H21BrN3O2+. The van der Waals surface area contributed by atoms with E-state index >= 15 is 0 Å². The Balaban J connectivity index is 1.65. The average molecular weight is 415 g/mol. The van der Waals surface area contributed by atoms with E-state index in [9.17, 15) is 9.59 Å². The second-order valence-electron chi connectivity index (χ2n) is 6.43. The predicted molar refractivity (Wildman–Crippen MR) is 107 cm³/mol. The molecule has 6 heteroatoms. The van der Waals surface area contributed by atoms with Crippen molar-refractivity contribution in [3.05, 3.63) is 64.3 Å². The molecule has 1 heterocycles. The Morgan fingerprint density at radius 2 is 1.77 bits per heavy atom. The van der Waals surface area contributed by atoms with Crippen LogP contribution in [0, 0.1) is 6.92 Å². The molecule has 1 atom stereocenters. The van der Waals surface area contributed by atoms with Crippen LogP contribution in [0.25, 0.3) is 10.9 Å². The van der Waals surface area contributed by atoms with Gasteiger partial charge in [-0.1, -0.05) is 30.3 Å². The summed E-state index contributed by atoms with van der Waals surface area (Å²) in [7, 11) is 1.85. The van der Waals surface area contributed by atoms with Gasteiger partial charge in [0.15, 0.2) is 6.54 Å². The smallest absolute Gasteiger partial charge is 0.279 e. The number of likely N-dealkylation sites (N-methyl/N-ethyl adjacent to an activating group) is 1. The van der Waals surface area contributed by atoms with Crippen molar-refractivity contribution in [2.75, 3.05) is 25.5 Å². The van der Waals surface area contributed by atoms with Gasteiger partial charge in [-0.25, -0.2) is 0 Å². The van der Waals surface area contributed by atoms with Crippen LogP contribution < -0.4 is 10.2 Å². The number of H-pyrrole nitrogens is 1. The van der Waals surface area contributed by atoms with Gasteiger partial charge >= 0.3 is 0 Å². The third kappa shape index (κ3) is 4.03. The normalized spacial score (nSPS) is 12.1. The maximum absolute atomic E-state index is 12.8. The summed E-state index contributed by atoms with van der Waals surface area (Å²) in [6, 6.07) is 15.2. The van der Waals surface area contributed by atoms with Gasteiger partial charge in [0.25, 0.3) is 5.91 Å². The molecular weight excluding hydrogens is 394 g/mol. The number of ketones is 1. The number of carbonyl (C=O) groups excluding carboxylic acids is 2. The van der Waals surface area contributed by atoms with Crippen molar-refractivity contribution < 1.29 is 14.5 Å². The molecule has 3 rings (SSSR count). The van der Waals surface area contributed by atoms with Crippen molar-refractivity contribution in [2.24, 2.45) is 0 Å². The number of rotatable bonds is 6. The number of aryl methyl sites for hydroxylation is 1. The Labute approximate surface area is 160 Å². The van der Waals surface area contributed by atoms with E-state index in [0.717, 1.165) is 31.7 Å². The highest BCUT2D eigenvalue weighted by atomic mass is 79.9. The number of amides is 1. The third-order valence-corrected chi connectivity index (χ3v) is 4.94. The second kappa shape index (κ2) is 7.85. The van der Waals surface area contributed by atoms with Crippen LogP contribution in [0.4, 0.5) is 5.69 Å². The summed E-state index contributed by atoms with van der Waals surface area (Å²) in [5, 5.41) is 3.80. The van der Waals surface area contributed by atoms with E-state index < -0.39 is 0 Å². The summed E-state index contributed by atoms with van der Waals surface area (Å²) in [6.07, 6.45) is 0. The van der Waals surface area contributed by atoms with E-state index in [1.54, 1.807) is 0 Å². The van der Waals surface area contributed by atoms with Gasteiger partial charge in [-0.05, 0) is 41.1 Å². The molecule has 0 aliphatic heterocycles. The number of hydrogen-bond donors (Lipinski definition) is 3. The first kappa shape index (κ1) is 18.4. The van der Waals surface area contributed by atoms with Gasteiger partial charge in [-0.2, -0.15) is 0 Å². The van der Waals surface area contributed by atoms with Gasteiger partial charge in [-0.15, -0.1) is 0 Å². The number of anilines is 1. The minimum absolute atomic E-state index is 0.0335. The number of fused-ring (bicyclic) bond motifs is 1. The lowest BCUT2D eigenvalue weighted by Gasteiger charge is -2.14. The van der Waals surface area contributed by atoms with Crippen LogP contribution >= 0.6 is 15.9 Å². The fourth-order valence-electron chi connectivity index (χ4n) is 3.09. The van der Waals surface area contributed by atoms with Gasteiger partial charge in [0, 0.05) is 21.1 Å². The molecule has 1 unspecified atom stereocenters. The van der Waals surface area contributed by atoms with Crippen LogP contribution in [-0.2, 0) is 4.79 Å². The highest BCUT2D eigenvalue weighted by molar-refractivity contribution is 9.10. The molecule has 1 aromatic heterocycles. The third-order valence-electron chi connectivity index (χ3n) is 4.25. The summed E-state index contributed by atoms with van der Waals surface area (Å²) in [5.41, 5.74) is 3.26. The van der Waals surface area contributed by atoms with Crippen molar-refractivity contribution in [1.29, 1.82) is 0 Å². The molecule has 0 radical (unpaired) electrons. The van der Waals surface area contributed by atoms with Crippen molar-refractivity contribution >= 4 is 44.2 Å². The molecule has 2 aromatic carbocycles. The van der Waals surface area contributed by atoms with Crippen LogP contribution in [0.15, 0.2) is 53.0 Å². The van der Waals surface area contributed by atoms with Crippen LogP contribution in [0.5, 0.6) is 0 Å². The van der Waals surface area contributed by atoms with Crippen LogP contribution in [0.3, 0.4) is 0 Å². The predicted octanol–water partition coefficient (Wildman–Crippen LogP) is 2.57. The number of nitrogens with one attached hydrogen (secondary N) is 3. The van der Waals surface area contributed by atoms with E-state index in [2.05, 4.69) is 26.2 Å². The number of para-hydroxylation sites is 2. The minimum Gasteiger partial charge on any atom is -0.358 e. The van der Waals surface area contributed by atoms with Crippen LogP contribution in [0.2, 0.25) is 0 Å². The first-order chi connectivity index (χ1) is 12.5. The molecule has 5 nitrogen and oxygen atoms in total. The van der Waals surface area contributed by atoms with Crippen LogP contribution in [-0.4, -0.2) is 36.8 Å². The van der Waals surface area contributed by atoms with Gasteiger partial charge in [0.2, 0.25) is 5.78 Å². The molecule has 0 bridgehead atoms. The van der Waals surface area contributed by atoms with E-state index in [-0.39, 0.29) is 24.8 Å². The Morgan fingerprint density at radius 1 is 1.08 bits per heavy atom. The summed E-state index contributed by atoms with van der Waals surface area (Å²) in [5.74, 6) is -0.0935. The Hall–Kier alpha value is -2.44. The summed E-state index contributed by atoms with van der Waals surface area (Å²) < 4.78 is 0.830. The number of aromatic amines is 1. The van der Waals surface area contributed by atoms with Gasteiger partial charge in [0.05, 0.1) is 18.3 Å². The maximum atomic E-state index is 12.8. The van der Waals surface area contributed by atoms with Gasteiger partial charge in [-0.3, -0.25) is 9.59 Å². The van der Waals surface area contributed by atoms with E-state index in [0.29, 0.717) is 5.56 Å². The minimum atomic E-state index is -0.127. The summed E-state index contributed by atoms with van der Waals surface area (Å²) >= 11 is 3.41. The average Bonchev–Trinajstić information content (AvgIpc) is 2.92. The number of quaternary nitrogens is 1. The highest BCUT2D eigenvalue weighted by Crippen LogP contribution is 2.22. The first-order valence-corrected chi connectivity index (χ1v) is 9.21. The topological polar surface area (TPSA) is 66.4 Å². The zero-order valence-electron chi connectivity index (χ0n) is 14.7. The molecule has 3 aromatic rings. The summed E-state index contributed by atoms with van der Waals surface area (Å²) in [4.78, 5) is 29.1. The molecule has 0 fully saturated rings. The van der Waals surface area contributed by atoms with E-state index in [1.807, 2.05) is 62.5 Å². The fourth-order valence-corrected chi connectivity index (χ4v) is 3.48. The lowest BCUT2D eigenvalue weighted by molar-refractivity contribution is -0.861. The van der Waals surface area contributed by atoms with Crippen molar-refractivity contribution in [3.8, 4) is 0 Å². The molecule has 26 heavy (non-hydrogen) atoms. The largest absolute Gasteiger partial charge is 0.358 e. The number of Topliss-reactive ketones (excluding diaryl/α,β-unsaturated/α-hetero) is 1. The Kier molecular flexibility index (Phi) is 5.54. The zero-order valence-corrected chi connectivity index (χ0v) is 16.3. The SMILES string of the molecule is Cc1[nH]c2ccccc2c1C(=O)C[NH+](C)CC(=O)Nc1ccccc1Br. The quantitative estimate of drug-likeness (QED) is 0.542. The molecule has 0 saturated carbocycles. The zero-order chi connectivity index (χ0) is 18.7. The lowest BCUT2D eigenvalue weighted by Crippen LogP contribution is -3.11. The van der Waals surface area contributed by atoms with Gasteiger partial charge in [0.1, 0.15) is 6.54 Å². The van der Waals surface area contributed by atoms with Crippen molar-refractivity contribution in [1.82, 2.24) is 4.98 Å². The fraction of sp³-hybridized carbons (Fsp3) is 0.200. The lowest BCUT2D eigenvalue weighted by atomic mass is 10.1.